The molecule has 0 radical (unpaired) electrons. The summed E-state index contributed by atoms with van der Waals surface area (Å²) in [5, 5.41) is 0. The Morgan fingerprint density at radius 3 is 2.27 bits per heavy atom. The maximum absolute atomic E-state index is 12.5. The molecule has 0 aliphatic carbocycles. The van der Waals surface area contributed by atoms with Crippen LogP contribution in [0.5, 0.6) is 0 Å². The quantitative estimate of drug-likeness (QED) is 0.853. The second kappa shape index (κ2) is 7.87. The number of hydrogen-bond donors (Lipinski definition) is 0. The predicted molar refractivity (Wildman–Crippen MR) is 103 cm³/mol. The number of likely N-dealkylation sites (tertiary alicyclic amines) is 1. The van der Waals surface area contributed by atoms with Gasteiger partial charge in [0.2, 0.25) is 0 Å². The standard InChI is InChI=1S/C21H26N4O/c26-21(18-5-4-10-22-17-18)25-11-8-20(9-12-25)24-15-13-23(14-16-24)19-6-2-1-3-7-19/h1-7,10,17,20H,8-9,11-16H2. The summed E-state index contributed by atoms with van der Waals surface area (Å²) in [5.41, 5.74) is 2.02. The zero-order chi connectivity index (χ0) is 17.8. The fraction of sp³-hybridized carbons (Fsp3) is 0.429. The Bertz CT molecular complexity index is 705. The van der Waals surface area contributed by atoms with Crippen molar-refractivity contribution < 1.29 is 4.79 Å². The second-order valence-corrected chi connectivity index (χ2v) is 7.12. The molecular weight excluding hydrogens is 324 g/mol. The van der Waals surface area contributed by atoms with Crippen LogP contribution in [-0.4, -0.2) is 66.0 Å². The van der Waals surface area contributed by atoms with E-state index in [0.29, 0.717) is 11.6 Å². The van der Waals surface area contributed by atoms with E-state index in [0.717, 1.165) is 52.1 Å². The van der Waals surface area contributed by atoms with Crippen LogP contribution >= 0.6 is 0 Å². The molecule has 1 aromatic carbocycles. The highest BCUT2D eigenvalue weighted by Gasteiger charge is 2.29. The lowest BCUT2D eigenvalue weighted by atomic mass is 10.0. The Morgan fingerprint density at radius 2 is 1.62 bits per heavy atom. The van der Waals surface area contributed by atoms with Gasteiger partial charge in [-0.25, -0.2) is 0 Å². The van der Waals surface area contributed by atoms with E-state index in [1.165, 1.54) is 5.69 Å². The largest absolute Gasteiger partial charge is 0.369 e. The van der Waals surface area contributed by atoms with E-state index in [9.17, 15) is 4.79 Å². The summed E-state index contributed by atoms with van der Waals surface area (Å²) in [5.74, 6) is 0.116. The maximum Gasteiger partial charge on any atom is 0.255 e. The number of aromatic nitrogens is 1. The summed E-state index contributed by atoms with van der Waals surface area (Å²) in [6.07, 6.45) is 5.50. The highest BCUT2D eigenvalue weighted by atomic mass is 16.2. The van der Waals surface area contributed by atoms with Crippen LogP contribution in [-0.2, 0) is 0 Å². The van der Waals surface area contributed by atoms with Gasteiger partial charge in [-0.15, -0.1) is 0 Å². The van der Waals surface area contributed by atoms with E-state index in [2.05, 4.69) is 45.1 Å². The summed E-state index contributed by atoms with van der Waals surface area (Å²) in [6, 6.07) is 15.0. The molecule has 0 N–H and O–H groups in total. The van der Waals surface area contributed by atoms with E-state index in [1.54, 1.807) is 12.4 Å². The highest BCUT2D eigenvalue weighted by Crippen LogP contribution is 2.22. The Labute approximate surface area is 155 Å². The molecule has 5 heteroatoms. The van der Waals surface area contributed by atoms with Gasteiger partial charge in [0.25, 0.3) is 5.91 Å². The lowest BCUT2D eigenvalue weighted by Gasteiger charge is -2.43. The minimum Gasteiger partial charge on any atom is -0.369 e. The molecule has 0 bridgehead atoms. The van der Waals surface area contributed by atoms with Crippen molar-refractivity contribution >= 4 is 11.6 Å². The number of para-hydroxylation sites is 1. The van der Waals surface area contributed by atoms with Gasteiger partial charge in [-0.3, -0.25) is 14.7 Å². The molecule has 0 spiro atoms. The molecule has 0 atom stereocenters. The van der Waals surface area contributed by atoms with Gasteiger partial charge in [-0.1, -0.05) is 18.2 Å². The van der Waals surface area contributed by atoms with Gasteiger partial charge in [0.05, 0.1) is 5.56 Å². The Morgan fingerprint density at radius 1 is 0.885 bits per heavy atom. The van der Waals surface area contributed by atoms with Crippen LogP contribution in [0.2, 0.25) is 0 Å². The first kappa shape index (κ1) is 17.0. The lowest BCUT2D eigenvalue weighted by Crippen LogP contribution is -2.53. The number of nitrogens with zero attached hydrogens (tertiary/aromatic N) is 4. The first-order valence-corrected chi connectivity index (χ1v) is 9.54. The second-order valence-electron chi connectivity index (χ2n) is 7.12. The monoisotopic (exact) mass is 350 g/mol. The normalized spacial score (nSPS) is 19.5. The molecule has 1 amide bonds. The summed E-state index contributed by atoms with van der Waals surface area (Å²) < 4.78 is 0. The van der Waals surface area contributed by atoms with Gasteiger partial charge < -0.3 is 9.80 Å². The summed E-state index contributed by atoms with van der Waals surface area (Å²) in [6.45, 7) is 6.07. The third-order valence-electron chi connectivity index (χ3n) is 5.61. The molecule has 2 saturated heterocycles. The number of pyridine rings is 1. The van der Waals surface area contributed by atoms with Crippen molar-refractivity contribution in [2.24, 2.45) is 0 Å². The Balaban J connectivity index is 1.27. The molecule has 0 saturated carbocycles. The van der Waals surface area contributed by atoms with Crippen molar-refractivity contribution in [2.75, 3.05) is 44.2 Å². The van der Waals surface area contributed by atoms with Crippen molar-refractivity contribution in [3.05, 3.63) is 60.4 Å². The van der Waals surface area contributed by atoms with Crippen LogP contribution in [0.25, 0.3) is 0 Å². The number of carbonyl (C=O) groups excluding carboxylic acids is 1. The number of hydrogen-bond acceptors (Lipinski definition) is 4. The van der Waals surface area contributed by atoms with Crippen LogP contribution < -0.4 is 4.90 Å². The number of anilines is 1. The predicted octanol–water partition coefficient (Wildman–Crippen LogP) is 2.51. The molecule has 2 aliphatic heterocycles. The van der Waals surface area contributed by atoms with E-state index < -0.39 is 0 Å². The summed E-state index contributed by atoms with van der Waals surface area (Å²) in [4.78, 5) is 23.7. The Kier molecular flexibility index (Phi) is 5.16. The fourth-order valence-corrected chi connectivity index (χ4v) is 4.09. The van der Waals surface area contributed by atoms with Crippen molar-refractivity contribution in [3.63, 3.8) is 0 Å². The zero-order valence-corrected chi connectivity index (χ0v) is 15.1. The van der Waals surface area contributed by atoms with Gasteiger partial charge in [0.1, 0.15) is 0 Å². The van der Waals surface area contributed by atoms with E-state index in [4.69, 9.17) is 0 Å². The first-order valence-electron chi connectivity index (χ1n) is 9.54. The van der Waals surface area contributed by atoms with E-state index in [-0.39, 0.29) is 5.91 Å². The van der Waals surface area contributed by atoms with Crippen LogP contribution in [0.4, 0.5) is 5.69 Å². The molecule has 2 aromatic rings. The van der Waals surface area contributed by atoms with Crippen LogP contribution in [0.15, 0.2) is 54.9 Å². The van der Waals surface area contributed by atoms with Crippen molar-refractivity contribution in [1.29, 1.82) is 0 Å². The molecule has 5 nitrogen and oxygen atoms in total. The fourth-order valence-electron chi connectivity index (χ4n) is 4.09. The van der Waals surface area contributed by atoms with Gasteiger partial charge >= 0.3 is 0 Å². The van der Waals surface area contributed by atoms with Crippen LogP contribution in [0.1, 0.15) is 23.2 Å². The van der Waals surface area contributed by atoms with Crippen molar-refractivity contribution in [3.8, 4) is 0 Å². The molecule has 136 valence electrons. The number of piperidine rings is 1. The highest BCUT2D eigenvalue weighted by molar-refractivity contribution is 5.93. The third-order valence-corrected chi connectivity index (χ3v) is 5.61. The maximum atomic E-state index is 12.5. The topological polar surface area (TPSA) is 39.7 Å². The van der Waals surface area contributed by atoms with Crippen molar-refractivity contribution in [1.82, 2.24) is 14.8 Å². The molecular formula is C21H26N4O. The minimum absolute atomic E-state index is 0.116. The van der Waals surface area contributed by atoms with E-state index >= 15 is 0 Å². The smallest absolute Gasteiger partial charge is 0.255 e. The number of carbonyl (C=O) groups is 1. The van der Waals surface area contributed by atoms with Gasteiger partial charge in [0, 0.05) is 63.4 Å². The number of rotatable bonds is 3. The zero-order valence-electron chi connectivity index (χ0n) is 15.1. The molecule has 4 rings (SSSR count). The minimum atomic E-state index is 0.116. The molecule has 1 aromatic heterocycles. The average Bonchev–Trinajstić information content (AvgIpc) is 2.75. The van der Waals surface area contributed by atoms with Crippen LogP contribution in [0, 0.1) is 0 Å². The SMILES string of the molecule is O=C(c1cccnc1)N1CCC(N2CCN(c3ccccc3)CC2)CC1. The first-order chi connectivity index (χ1) is 12.8. The summed E-state index contributed by atoms with van der Waals surface area (Å²) in [7, 11) is 0. The molecule has 0 unspecified atom stereocenters. The van der Waals surface area contributed by atoms with Gasteiger partial charge in [-0.05, 0) is 37.1 Å². The number of amides is 1. The number of piperazine rings is 1. The third kappa shape index (κ3) is 3.73. The lowest BCUT2D eigenvalue weighted by molar-refractivity contribution is 0.0610. The van der Waals surface area contributed by atoms with Gasteiger partial charge in [-0.2, -0.15) is 0 Å². The van der Waals surface area contributed by atoms with E-state index in [1.807, 2.05) is 17.0 Å². The van der Waals surface area contributed by atoms with Crippen LogP contribution in [0.3, 0.4) is 0 Å². The molecule has 3 heterocycles. The number of benzene rings is 1. The summed E-state index contributed by atoms with van der Waals surface area (Å²) >= 11 is 0. The van der Waals surface area contributed by atoms with Crippen molar-refractivity contribution in [2.45, 2.75) is 18.9 Å². The molecule has 26 heavy (non-hydrogen) atoms. The van der Waals surface area contributed by atoms with Gasteiger partial charge in [0.15, 0.2) is 0 Å². The average molecular weight is 350 g/mol. The molecule has 2 aliphatic rings. The Hall–Kier alpha value is -2.40. The molecule has 2 fully saturated rings.